The van der Waals surface area contributed by atoms with Crippen molar-refractivity contribution in [2.24, 2.45) is 0 Å². The van der Waals surface area contributed by atoms with Gasteiger partial charge < -0.3 is 4.74 Å². The molecule has 1 heterocycles. The van der Waals surface area contributed by atoms with Crippen molar-refractivity contribution < 1.29 is 13.9 Å². The van der Waals surface area contributed by atoms with Crippen LogP contribution in [0, 0.1) is 5.82 Å². The summed E-state index contributed by atoms with van der Waals surface area (Å²) in [5.74, 6) is -0.949. The zero-order chi connectivity index (χ0) is 13.0. The summed E-state index contributed by atoms with van der Waals surface area (Å²) in [6, 6.07) is 7.12. The number of rotatable bonds is 3. The molecule has 92 valence electrons. The molecular weight excluding hydrogens is 257 g/mol. The summed E-state index contributed by atoms with van der Waals surface area (Å²) >= 11 is 5.86. The summed E-state index contributed by atoms with van der Waals surface area (Å²) in [6.45, 7) is -0.0790. The molecule has 2 aromatic rings. The maximum atomic E-state index is 13.0. The molecule has 0 aliphatic heterocycles. The molecule has 5 heteroatoms. The van der Waals surface area contributed by atoms with Gasteiger partial charge in [-0.3, -0.25) is 4.98 Å². The monoisotopic (exact) mass is 265 g/mol. The normalized spacial score (nSPS) is 10.1. The number of halogens is 2. The molecule has 0 aliphatic carbocycles. The van der Waals surface area contributed by atoms with Crippen molar-refractivity contribution in [3.8, 4) is 0 Å². The molecule has 0 spiro atoms. The van der Waals surface area contributed by atoms with Gasteiger partial charge in [-0.25, -0.2) is 9.18 Å². The summed E-state index contributed by atoms with van der Waals surface area (Å²) < 4.78 is 18.0. The number of carbonyl (C=O) groups is 1. The molecule has 0 atom stereocenters. The van der Waals surface area contributed by atoms with E-state index in [1.54, 1.807) is 18.3 Å². The summed E-state index contributed by atoms with van der Waals surface area (Å²) in [4.78, 5) is 15.4. The molecule has 0 radical (unpaired) electrons. The third-order valence-electron chi connectivity index (χ3n) is 2.26. The number of aromatic nitrogens is 1. The largest absolute Gasteiger partial charge is 0.457 e. The van der Waals surface area contributed by atoms with Gasteiger partial charge in [0.1, 0.15) is 12.4 Å². The summed E-state index contributed by atoms with van der Waals surface area (Å²) in [6.07, 6.45) is 2.95. The second-order valence-corrected chi connectivity index (χ2v) is 3.96. The minimum atomic E-state index is -0.525. The summed E-state index contributed by atoms with van der Waals surface area (Å²) in [5, 5.41) is 0.357. The predicted molar refractivity (Wildman–Crippen MR) is 64.8 cm³/mol. The lowest BCUT2D eigenvalue weighted by Crippen LogP contribution is -2.05. The molecule has 3 nitrogen and oxygen atoms in total. The summed E-state index contributed by atoms with van der Waals surface area (Å²) in [7, 11) is 0. The van der Waals surface area contributed by atoms with Crippen molar-refractivity contribution in [3.63, 3.8) is 0 Å². The number of esters is 1. The number of hydrogen-bond donors (Lipinski definition) is 0. The van der Waals surface area contributed by atoms with Gasteiger partial charge >= 0.3 is 5.97 Å². The first-order valence-electron chi connectivity index (χ1n) is 5.18. The third kappa shape index (κ3) is 3.05. The molecule has 0 saturated carbocycles. The highest BCUT2D eigenvalue weighted by molar-refractivity contribution is 6.31. The lowest BCUT2D eigenvalue weighted by atomic mass is 10.2. The molecule has 0 fully saturated rings. The number of carbonyl (C=O) groups excluding carboxylic acids is 1. The van der Waals surface area contributed by atoms with Crippen LogP contribution < -0.4 is 0 Å². The number of pyridine rings is 1. The Kier molecular flexibility index (Phi) is 3.89. The molecule has 0 saturated heterocycles. The van der Waals surface area contributed by atoms with Crippen LogP contribution in [0.2, 0.25) is 5.02 Å². The fourth-order valence-corrected chi connectivity index (χ4v) is 1.54. The number of nitrogens with zero attached hydrogens (tertiary/aromatic N) is 1. The average molecular weight is 266 g/mol. The van der Waals surface area contributed by atoms with Gasteiger partial charge in [-0.15, -0.1) is 0 Å². The Morgan fingerprint density at radius 2 is 2.22 bits per heavy atom. The van der Waals surface area contributed by atoms with Crippen LogP contribution in [0.4, 0.5) is 4.39 Å². The quantitative estimate of drug-likeness (QED) is 0.800. The van der Waals surface area contributed by atoms with Gasteiger partial charge in [-0.2, -0.15) is 0 Å². The van der Waals surface area contributed by atoms with Crippen LogP contribution in [0.25, 0.3) is 0 Å². The topological polar surface area (TPSA) is 39.2 Å². The first kappa shape index (κ1) is 12.5. The van der Waals surface area contributed by atoms with Gasteiger partial charge in [0, 0.05) is 23.0 Å². The van der Waals surface area contributed by atoms with E-state index in [9.17, 15) is 9.18 Å². The van der Waals surface area contributed by atoms with Crippen LogP contribution in [0.5, 0.6) is 0 Å². The highest BCUT2D eigenvalue weighted by atomic mass is 35.5. The Balaban J connectivity index is 2.04. The van der Waals surface area contributed by atoms with Gasteiger partial charge in [0.25, 0.3) is 0 Å². The first-order valence-corrected chi connectivity index (χ1v) is 5.55. The Labute approximate surface area is 108 Å². The maximum absolute atomic E-state index is 13.0. The van der Waals surface area contributed by atoms with Crippen molar-refractivity contribution in [2.45, 2.75) is 6.61 Å². The Hall–Kier alpha value is -1.94. The SMILES string of the molecule is O=C(OCc1cc(F)ccc1Cl)c1cccnc1. The molecule has 1 aromatic carbocycles. The number of benzene rings is 1. The minimum Gasteiger partial charge on any atom is -0.457 e. The van der Waals surface area contributed by atoms with Crippen LogP contribution in [0.15, 0.2) is 42.7 Å². The van der Waals surface area contributed by atoms with Gasteiger partial charge in [0.2, 0.25) is 0 Å². The fraction of sp³-hybridized carbons (Fsp3) is 0.0769. The smallest absolute Gasteiger partial charge is 0.340 e. The van der Waals surface area contributed by atoms with Gasteiger partial charge in [0.05, 0.1) is 5.56 Å². The number of hydrogen-bond acceptors (Lipinski definition) is 3. The van der Waals surface area contributed by atoms with Crippen molar-refractivity contribution >= 4 is 17.6 Å². The predicted octanol–water partition coefficient (Wildman–Crippen LogP) is 3.23. The molecule has 2 rings (SSSR count). The first-order chi connectivity index (χ1) is 8.66. The van der Waals surface area contributed by atoms with E-state index in [0.717, 1.165) is 0 Å². The standard InChI is InChI=1S/C13H9ClFNO2/c14-12-4-3-11(15)6-10(12)8-18-13(17)9-2-1-5-16-7-9/h1-7H,8H2. The Morgan fingerprint density at radius 1 is 1.39 bits per heavy atom. The molecule has 0 unspecified atom stereocenters. The summed E-state index contributed by atoms with van der Waals surface area (Å²) in [5.41, 5.74) is 0.763. The molecule has 0 N–H and O–H groups in total. The van der Waals surface area contributed by atoms with E-state index in [1.165, 1.54) is 24.4 Å². The highest BCUT2D eigenvalue weighted by Gasteiger charge is 2.09. The van der Waals surface area contributed by atoms with E-state index >= 15 is 0 Å². The van der Waals surface area contributed by atoms with Gasteiger partial charge in [-0.05, 0) is 30.3 Å². The van der Waals surface area contributed by atoms with E-state index in [4.69, 9.17) is 16.3 Å². The van der Waals surface area contributed by atoms with Crippen molar-refractivity contribution in [1.29, 1.82) is 0 Å². The Morgan fingerprint density at radius 3 is 2.94 bits per heavy atom. The van der Waals surface area contributed by atoms with Crippen molar-refractivity contribution in [3.05, 3.63) is 64.7 Å². The van der Waals surface area contributed by atoms with E-state index in [-0.39, 0.29) is 6.61 Å². The van der Waals surface area contributed by atoms with Crippen LogP contribution in [-0.2, 0) is 11.3 Å². The third-order valence-corrected chi connectivity index (χ3v) is 2.63. The van der Waals surface area contributed by atoms with Gasteiger partial charge in [0.15, 0.2) is 0 Å². The molecule has 18 heavy (non-hydrogen) atoms. The molecular formula is C13H9ClFNO2. The highest BCUT2D eigenvalue weighted by Crippen LogP contribution is 2.18. The molecule has 0 amide bonds. The van der Waals surface area contributed by atoms with E-state index in [2.05, 4.69) is 4.98 Å². The van der Waals surface area contributed by atoms with E-state index in [1.807, 2.05) is 0 Å². The van der Waals surface area contributed by atoms with Crippen molar-refractivity contribution in [2.75, 3.05) is 0 Å². The zero-order valence-electron chi connectivity index (χ0n) is 9.27. The van der Waals surface area contributed by atoms with E-state index in [0.29, 0.717) is 16.1 Å². The second kappa shape index (κ2) is 5.60. The Bertz CT molecular complexity index is 560. The van der Waals surface area contributed by atoms with Crippen LogP contribution in [0.3, 0.4) is 0 Å². The van der Waals surface area contributed by atoms with Crippen LogP contribution >= 0.6 is 11.6 Å². The lowest BCUT2D eigenvalue weighted by Gasteiger charge is -2.06. The van der Waals surface area contributed by atoms with Crippen molar-refractivity contribution in [1.82, 2.24) is 4.98 Å². The molecule has 0 bridgehead atoms. The average Bonchev–Trinajstić information content (AvgIpc) is 2.40. The zero-order valence-corrected chi connectivity index (χ0v) is 10.0. The van der Waals surface area contributed by atoms with Crippen LogP contribution in [0.1, 0.15) is 15.9 Å². The lowest BCUT2D eigenvalue weighted by molar-refractivity contribution is 0.0472. The number of ether oxygens (including phenoxy) is 1. The maximum Gasteiger partial charge on any atom is 0.340 e. The minimum absolute atomic E-state index is 0.0790. The van der Waals surface area contributed by atoms with Crippen LogP contribution in [-0.4, -0.2) is 11.0 Å². The molecule has 1 aromatic heterocycles. The second-order valence-electron chi connectivity index (χ2n) is 3.55. The molecule has 0 aliphatic rings. The fourth-order valence-electron chi connectivity index (χ4n) is 1.36. The van der Waals surface area contributed by atoms with Gasteiger partial charge in [-0.1, -0.05) is 11.6 Å². The van der Waals surface area contributed by atoms with E-state index < -0.39 is 11.8 Å².